The molecular weight excluding hydrogens is 250 g/mol. The summed E-state index contributed by atoms with van der Waals surface area (Å²) in [4.78, 5) is 11.1. The molecule has 0 saturated heterocycles. The van der Waals surface area contributed by atoms with Gasteiger partial charge in [0.2, 0.25) is 0 Å². The highest BCUT2D eigenvalue weighted by Crippen LogP contribution is 2.09. The van der Waals surface area contributed by atoms with Crippen LogP contribution in [0.25, 0.3) is 0 Å². The molecule has 0 aliphatic carbocycles. The molecule has 8 nitrogen and oxygen atoms in total. The Morgan fingerprint density at radius 1 is 1.53 bits per heavy atom. The predicted molar refractivity (Wildman–Crippen MR) is 64.9 cm³/mol. The number of hydrogen-bond acceptors (Lipinski definition) is 5. The fourth-order valence-corrected chi connectivity index (χ4v) is 1.77. The van der Waals surface area contributed by atoms with Gasteiger partial charge >= 0.3 is 5.97 Å². The number of carbonyl (C=O) groups is 1. The van der Waals surface area contributed by atoms with E-state index in [2.05, 4.69) is 15.4 Å². The molecule has 0 spiro atoms. The van der Waals surface area contributed by atoms with Crippen LogP contribution in [-0.4, -0.2) is 49.6 Å². The van der Waals surface area contributed by atoms with Crippen LogP contribution in [0, 0.1) is 0 Å². The van der Waals surface area contributed by atoms with Crippen LogP contribution in [-0.2, 0) is 24.8 Å². The Hall–Kier alpha value is -2.22. The maximum atomic E-state index is 11.1. The highest BCUT2D eigenvalue weighted by Gasteiger charge is 2.19. The maximum Gasteiger partial charge on any atom is 0.358 e. The number of aromatic nitrogens is 5. The predicted octanol–water partition coefficient (Wildman–Crippen LogP) is -0.0530. The Balaban J connectivity index is 2.26. The summed E-state index contributed by atoms with van der Waals surface area (Å²) in [6.07, 6.45) is 2.26. The van der Waals surface area contributed by atoms with Crippen molar-refractivity contribution in [3.63, 3.8) is 0 Å². The van der Waals surface area contributed by atoms with Crippen LogP contribution in [0.15, 0.2) is 12.3 Å². The summed E-state index contributed by atoms with van der Waals surface area (Å²) in [5.41, 5.74) is 1.30. The van der Waals surface area contributed by atoms with E-state index < -0.39 is 5.97 Å². The molecule has 0 unspecified atom stereocenters. The van der Waals surface area contributed by atoms with Gasteiger partial charge in [-0.05, 0) is 6.07 Å². The number of ether oxygens (including phenoxy) is 1. The van der Waals surface area contributed by atoms with E-state index in [1.54, 1.807) is 16.5 Å². The van der Waals surface area contributed by atoms with Gasteiger partial charge in [0.15, 0.2) is 5.69 Å². The zero-order valence-corrected chi connectivity index (χ0v) is 10.8. The van der Waals surface area contributed by atoms with E-state index in [0.29, 0.717) is 25.3 Å². The monoisotopic (exact) mass is 265 g/mol. The van der Waals surface area contributed by atoms with Crippen molar-refractivity contribution in [3.8, 4) is 0 Å². The van der Waals surface area contributed by atoms with Crippen LogP contribution in [0.1, 0.15) is 21.9 Å². The van der Waals surface area contributed by atoms with E-state index in [9.17, 15) is 4.79 Å². The minimum Gasteiger partial charge on any atom is -0.476 e. The van der Waals surface area contributed by atoms with Crippen molar-refractivity contribution < 1.29 is 14.6 Å². The molecule has 1 N–H and O–H groups in total. The minimum atomic E-state index is -1.08. The van der Waals surface area contributed by atoms with Crippen LogP contribution in [0.2, 0.25) is 0 Å². The van der Waals surface area contributed by atoms with Crippen LogP contribution < -0.4 is 0 Å². The Morgan fingerprint density at radius 3 is 2.89 bits per heavy atom. The number of carboxylic acids is 1. The molecule has 0 amide bonds. The van der Waals surface area contributed by atoms with E-state index in [1.165, 1.54) is 0 Å². The van der Waals surface area contributed by atoms with E-state index in [-0.39, 0.29) is 5.69 Å². The third kappa shape index (κ3) is 2.97. The number of nitrogens with zero attached hydrogens (tertiary/aromatic N) is 5. The number of aromatic carboxylic acids is 1. The molecule has 0 atom stereocenters. The molecule has 102 valence electrons. The first-order valence-electron chi connectivity index (χ1n) is 5.75. The van der Waals surface area contributed by atoms with Crippen molar-refractivity contribution in [3.05, 3.63) is 29.3 Å². The van der Waals surface area contributed by atoms with Crippen molar-refractivity contribution in [2.24, 2.45) is 7.05 Å². The van der Waals surface area contributed by atoms with Gasteiger partial charge in [0, 0.05) is 26.8 Å². The second-order valence-corrected chi connectivity index (χ2v) is 4.07. The Bertz CT molecular complexity index is 575. The second-order valence-electron chi connectivity index (χ2n) is 4.07. The molecule has 0 bridgehead atoms. The lowest BCUT2D eigenvalue weighted by Gasteiger charge is -2.05. The first kappa shape index (κ1) is 13.2. The Labute approximate surface area is 109 Å². The molecule has 0 aliphatic heterocycles. The molecule has 2 aromatic rings. The lowest BCUT2D eigenvalue weighted by molar-refractivity contribution is 0.0688. The zero-order valence-electron chi connectivity index (χ0n) is 10.8. The Kier molecular flexibility index (Phi) is 3.91. The van der Waals surface area contributed by atoms with Gasteiger partial charge in [-0.3, -0.25) is 4.68 Å². The standard InChI is InChI=1S/C11H15N5O3/c1-15-5-3-8(13-15)7-16-9(4-6-19-2)10(11(17)18)12-14-16/h3,5H,4,6-7H2,1-2H3,(H,17,18). The topological polar surface area (TPSA) is 95.1 Å². The summed E-state index contributed by atoms with van der Waals surface area (Å²) >= 11 is 0. The summed E-state index contributed by atoms with van der Waals surface area (Å²) in [5.74, 6) is -1.08. The van der Waals surface area contributed by atoms with E-state index in [1.807, 2.05) is 19.3 Å². The van der Waals surface area contributed by atoms with Crippen molar-refractivity contribution in [2.45, 2.75) is 13.0 Å². The van der Waals surface area contributed by atoms with Crippen molar-refractivity contribution in [1.82, 2.24) is 24.8 Å². The molecule has 0 radical (unpaired) electrons. The molecule has 0 aromatic carbocycles. The molecule has 2 heterocycles. The summed E-state index contributed by atoms with van der Waals surface area (Å²) in [5, 5.41) is 20.9. The minimum absolute atomic E-state index is 0.0343. The average molecular weight is 265 g/mol. The molecular formula is C11H15N5O3. The third-order valence-corrected chi connectivity index (χ3v) is 2.66. The molecule has 8 heteroatoms. The zero-order chi connectivity index (χ0) is 13.8. The summed E-state index contributed by atoms with van der Waals surface area (Å²) < 4.78 is 8.20. The highest BCUT2D eigenvalue weighted by molar-refractivity contribution is 5.86. The molecule has 0 saturated carbocycles. The molecule has 0 aliphatic rings. The normalized spacial score (nSPS) is 10.8. The Morgan fingerprint density at radius 2 is 2.32 bits per heavy atom. The van der Waals surface area contributed by atoms with E-state index in [0.717, 1.165) is 5.69 Å². The third-order valence-electron chi connectivity index (χ3n) is 2.66. The van der Waals surface area contributed by atoms with Crippen molar-refractivity contribution in [1.29, 1.82) is 0 Å². The van der Waals surface area contributed by atoms with Gasteiger partial charge < -0.3 is 9.84 Å². The van der Waals surface area contributed by atoms with Gasteiger partial charge in [-0.2, -0.15) is 5.10 Å². The first-order chi connectivity index (χ1) is 9.11. The van der Waals surface area contributed by atoms with E-state index >= 15 is 0 Å². The van der Waals surface area contributed by atoms with Crippen LogP contribution >= 0.6 is 0 Å². The molecule has 2 rings (SSSR count). The maximum absolute atomic E-state index is 11.1. The van der Waals surface area contributed by atoms with Gasteiger partial charge in [0.1, 0.15) is 0 Å². The van der Waals surface area contributed by atoms with Gasteiger partial charge in [-0.15, -0.1) is 5.10 Å². The second kappa shape index (κ2) is 5.61. The highest BCUT2D eigenvalue weighted by atomic mass is 16.5. The quantitative estimate of drug-likeness (QED) is 0.786. The summed E-state index contributed by atoms with van der Waals surface area (Å²) in [6.45, 7) is 0.802. The smallest absolute Gasteiger partial charge is 0.358 e. The summed E-state index contributed by atoms with van der Waals surface area (Å²) in [6, 6.07) is 1.85. The molecule has 0 fully saturated rings. The number of hydrogen-bond donors (Lipinski definition) is 1. The SMILES string of the molecule is COCCc1c(C(=O)O)nnn1Cc1ccn(C)n1. The van der Waals surface area contributed by atoms with Crippen molar-refractivity contribution in [2.75, 3.05) is 13.7 Å². The summed E-state index contributed by atoms with van der Waals surface area (Å²) in [7, 11) is 3.38. The molecule has 2 aromatic heterocycles. The van der Waals surface area contributed by atoms with E-state index in [4.69, 9.17) is 9.84 Å². The van der Waals surface area contributed by atoms with Crippen LogP contribution in [0.3, 0.4) is 0 Å². The van der Waals surface area contributed by atoms with Gasteiger partial charge in [-0.25, -0.2) is 9.48 Å². The first-order valence-corrected chi connectivity index (χ1v) is 5.75. The fourth-order valence-electron chi connectivity index (χ4n) is 1.77. The number of rotatable bonds is 6. The number of methoxy groups -OCH3 is 1. The fraction of sp³-hybridized carbons (Fsp3) is 0.455. The average Bonchev–Trinajstić information content (AvgIpc) is 2.94. The largest absolute Gasteiger partial charge is 0.476 e. The van der Waals surface area contributed by atoms with Gasteiger partial charge in [0.05, 0.1) is 24.5 Å². The lowest BCUT2D eigenvalue weighted by Crippen LogP contribution is -2.12. The van der Waals surface area contributed by atoms with Crippen molar-refractivity contribution >= 4 is 5.97 Å². The number of carboxylic acid groups (broad SMARTS) is 1. The lowest BCUT2D eigenvalue weighted by atomic mass is 10.2. The number of aryl methyl sites for hydroxylation is 1. The van der Waals surface area contributed by atoms with Crippen LogP contribution in [0.4, 0.5) is 0 Å². The van der Waals surface area contributed by atoms with Crippen LogP contribution in [0.5, 0.6) is 0 Å². The van der Waals surface area contributed by atoms with Gasteiger partial charge in [0.25, 0.3) is 0 Å². The molecule has 19 heavy (non-hydrogen) atoms. The van der Waals surface area contributed by atoms with Gasteiger partial charge in [-0.1, -0.05) is 5.21 Å².